The molecule has 3 aliphatic rings. The quantitative estimate of drug-likeness (QED) is 0.0142. The van der Waals surface area contributed by atoms with Crippen molar-refractivity contribution in [3.63, 3.8) is 0 Å². The van der Waals surface area contributed by atoms with Crippen molar-refractivity contribution in [1.29, 1.82) is 0 Å². The topological polar surface area (TPSA) is 419 Å². The third kappa shape index (κ3) is 26.8. The number of nitrogens with zero attached hydrogens (tertiary/aromatic N) is 10. The molecular formula is C81H98N14O18P4. The molecule has 0 bridgehead atoms. The number of benzene rings is 3. The van der Waals surface area contributed by atoms with Gasteiger partial charge in [0.15, 0.2) is 11.5 Å². The monoisotopic (exact) mass is 1680 g/mol. The van der Waals surface area contributed by atoms with E-state index in [1.54, 1.807) is 49.1 Å². The van der Waals surface area contributed by atoms with Crippen LogP contribution in [0, 0.1) is 48.4 Å². The number of hydrogen-bond donors (Lipinski definition) is 8. The summed E-state index contributed by atoms with van der Waals surface area (Å²) in [6.07, 6.45) is 2.28. The lowest BCUT2D eigenvalue weighted by atomic mass is 9.95. The summed E-state index contributed by atoms with van der Waals surface area (Å²) in [7, 11) is -13.1. The number of nitrogens with one attached hydrogen (secondary N) is 3. The largest absolute Gasteiger partial charge is 0.497 e. The first-order valence-electron chi connectivity index (χ1n) is 38.2. The number of phosphoric ester groups is 1. The summed E-state index contributed by atoms with van der Waals surface area (Å²) >= 11 is 0. The molecule has 36 heteroatoms. The Morgan fingerprint density at radius 3 is 1.60 bits per heavy atom. The number of nitrogen functional groups attached to an aromatic ring is 1. The number of rotatable bonds is 32. The first-order chi connectivity index (χ1) is 56.0. The number of imidazole rings is 1. The van der Waals surface area contributed by atoms with Gasteiger partial charge in [0.1, 0.15) is 58.1 Å². The van der Waals surface area contributed by atoms with Crippen LogP contribution >= 0.6 is 29.9 Å². The predicted molar refractivity (Wildman–Crippen MR) is 439 cm³/mol. The standard InChI is InChI=1S/C81H98N14O18P4/c1-56-13-15-57(16-14-56)17-20-61-43-64(90-75(46-61)115(5,101)102)50-93-35-34-92(49-63-42-60(45-74(89-63)114(4,99)100)21-18-58-23-27-67(107-2)28-24-58)36-37-94(51-65-44-62(47-76(91-65)116(6,103)104)22-19-59-25-29-68(108-3)30-26-59)66(52-93)10-7-8-31-83-71(96)11-9-12-72(97)84-32-38-109-40-41-110-39-33-85-73(98)48-69-78-70(53-111-117(105,106)113-78)112-81(69)95-55-88-77-79(82)86-54-87-80(77)95/h13-16,23-30,42-47,54-55,66,69-70,78,81H,7-12,31-41,48-53H2,1-6H3,(H,83,96)(H,84,97)(H,85,98)(H,99,100)(H,101,102)(H,103,104)(H,105,106)(H2,82,86,87)/t66-,69?,70?,78?,81?/m0/s1. The molecule has 3 amide bonds. The summed E-state index contributed by atoms with van der Waals surface area (Å²) in [5.74, 6) is 19.0. The molecule has 620 valence electrons. The van der Waals surface area contributed by atoms with Gasteiger partial charge in [-0.05, 0) is 123 Å². The van der Waals surface area contributed by atoms with E-state index in [1.807, 2.05) is 73.7 Å². The Bertz CT molecular complexity index is 5210. The Kier molecular flexibility index (Phi) is 31.2. The molecule has 0 aliphatic carbocycles. The average molecular weight is 1680 g/mol. The minimum absolute atomic E-state index is 0.000326. The van der Waals surface area contributed by atoms with E-state index in [-0.39, 0.29) is 131 Å². The molecule has 8 aromatic rings. The van der Waals surface area contributed by atoms with E-state index in [4.69, 9.17) is 53.4 Å². The van der Waals surface area contributed by atoms with Crippen LogP contribution in [0.5, 0.6) is 11.5 Å². The van der Waals surface area contributed by atoms with Gasteiger partial charge in [-0.15, -0.1) is 0 Å². The van der Waals surface area contributed by atoms with Crippen molar-refractivity contribution in [2.45, 2.75) is 96.0 Å². The summed E-state index contributed by atoms with van der Waals surface area (Å²) in [6, 6.07) is 32.0. The van der Waals surface area contributed by atoms with Gasteiger partial charge in [0, 0.05) is 157 Å². The van der Waals surface area contributed by atoms with Crippen LogP contribution < -0.4 is 47.5 Å². The lowest BCUT2D eigenvalue weighted by Gasteiger charge is -2.35. The number of carbonyl (C=O) groups excluding carboxylic acids is 3. The van der Waals surface area contributed by atoms with E-state index in [9.17, 15) is 52.2 Å². The second kappa shape index (κ2) is 41.3. The van der Waals surface area contributed by atoms with Crippen LogP contribution in [0.15, 0.2) is 122 Å². The van der Waals surface area contributed by atoms with E-state index in [0.717, 1.165) is 11.1 Å². The maximum Gasteiger partial charge on any atom is 0.472 e. The average Bonchev–Trinajstić information content (AvgIpc) is 1.60. The number of phosphoric acid groups is 1. The second-order valence-electron chi connectivity index (χ2n) is 28.9. The number of nitrogens with two attached hydrogens (primary N) is 1. The Morgan fingerprint density at radius 1 is 0.590 bits per heavy atom. The van der Waals surface area contributed by atoms with Gasteiger partial charge >= 0.3 is 7.82 Å². The number of unbranched alkanes of at least 4 members (excludes halogenated alkanes) is 1. The molecule has 8 unspecified atom stereocenters. The van der Waals surface area contributed by atoms with Crippen molar-refractivity contribution < 1.29 is 84.9 Å². The van der Waals surface area contributed by atoms with Gasteiger partial charge in [0.25, 0.3) is 0 Å². The molecule has 9 atom stereocenters. The van der Waals surface area contributed by atoms with Gasteiger partial charge in [-0.25, -0.2) is 34.5 Å². The number of aromatic nitrogens is 7. The van der Waals surface area contributed by atoms with Crippen molar-refractivity contribution in [3.8, 4) is 47.0 Å². The number of fused-ring (bicyclic) bond motifs is 2. The zero-order chi connectivity index (χ0) is 83.3. The predicted octanol–water partition coefficient (Wildman–Crippen LogP) is 5.73. The fourth-order valence-electron chi connectivity index (χ4n) is 13.5. The van der Waals surface area contributed by atoms with Crippen molar-refractivity contribution >= 4 is 80.9 Å². The Labute approximate surface area is 679 Å². The third-order valence-corrected chi connectivity index (χ3v) is 23.7. The molecule has 0 spiro atoms. The molecule has 3 saturated heterocycles. The Hall–Kier alpha value is -9.41. The molecule has 32 nitrogen and oxygen atoms in total. The number of methoxy groups -OCH3 is 2. The van der Waals surface area contributed by atoms with Crippen LogP contribution in [-0.4, -0.2) is 224 Å². The summed E-state index contributed by atoms with van der Waals surface area (Å²) < 4.78 is 93.3. The minimum Gasteiger partial charge on any atom is -0.497 e. The summed E-state index contributed by atoms with van der Waals surface area (Å²) in [4.78, 5) is 117. The normalized spacial score (nSPS) is 20.0. The molecule has 9 N–H and O–H groups in total. The lowest BCUT2D eigenvalue weighted by molar-refractivity contribution is -0.124. The highest BCUT2D eigenvalue weighted by Crippen LogP contribution is 2.55. The van der Waals surface area contributed by atoms with Gasteiger partial charge < -0.3 is 64.9 Å². The molecule has 3 aromatic carbocycles. The zero-order valence-electron chi connectivity index (χ0n) is 66.0. The van der Waals surface area contributed by atoms with E-state index in [0.29, 0.717) is 133 Å². The van der Waals surface area contributed by atoms with Crippen molar-refractivity contribution in [2.24, 2.45) is 5.92 Å². The maximum atomic E-state index is 13.7. The Balaban J connectivity index is 0.723. The van der Waals surface area contributed by atoms with E-state index >= 15 is 0 Å². The van der Waals surface area contributed by atoms with Crippen LogP contribution in [0.1, 0.15) is 107 Å². The van der Waals surface area contributed by atoms with Gasteiger partial charge in [-0.2, -0.15) is 0 Å². The molecule has 3 aliphatic heterocycles. The summed E-state index contributed by atoms with van der Waals surface area (Å²) in [5, 5.41) is 8.65. The van der Waals surface area contributed by atoms with Crippen LogP contribution in [0.2, 0.25) is 0 Å². The Morgan fingerprint density at radius 2 is 1.07 bits per heavy atom. The van der Waals surface area contributed by atoms with Crippen molar-refractivity contribution in [3.05, 3.63) is 178 Å². The molecule has 11 rings (SSSR count). The van der Waals surface area contributed by atoms with Crippen molar-refractivity contribution in [2.75, 3.05) is 125 Å². The smallest absolute Gasteiger partial charge is 0.472 e. The number of ether oxygens (including phenoxy) is 5. The highest BCUT2D eigenvalue weighted by atomic mass is 31.2. The fraction of sp³-hybridized carbons (Fsp3) is 0.420. The van der Waals surface area contributed by atoms with Gasteiger partial charge in [0.05, 0.1) is 70.7 Å². The molecule has 0 radical (unpaired) electrons. The van der Waals surface area contributed by atoms with Gasteiger partial charge in [-0.1, -0.05) is 59.6 Å². The van der Waals surface area contributed by atoms with Crippen LogP contribution in [0.3, 0.4) is 0 Å². The zero-order valence-corrected chi connectivity index (χ0v) is 69.6. The number of hydrogen-bond acceptors (Lipinski definition) is 24. The fourth-order valence-corrected chi connectivity index (χ4v) is 16.5. The highest BCUT2D eigenvalue weighted by Gasteiger charge is 2.54. The van der Waals surface area contributed by atoms with Crippen LogP contribution in [0.4, 0.5) is 5.82 Å². The number of anilines is 1. The van der Waals surface area contributed by atoms with Crippen LogP contribution in [-0.2, 0) is 75.5 Å². The van der Waals surface area contributed by atoms with E-state index in [2.05, 4.69) is 81.1 Å². The molecule has 8 heterocycles. The number of amides is 3. The molecule has 117 heavy (non-hydrogen) atoms. The number of aryl methyl sites for hydroxylation is 1. The second-order valence-corrected chi connectivity index (χ2v) is 37.0. The lowest BCUT2D eigenvalue weighted by Crippen LogP contribution is -2.45. The van der Waals surface area contributed by atoms with Gasteiger partial charge in [-0.3, -0.25) is 56.4 Å². The third-order valence-electron chi connectivity index (χ3n) is 19.5. The molecular weight excluding hydrogens is 1580 g/mol. The van der Waals surface area contributed by atoms with Crippen molar-refractivity contribution in [1.82, 2.24) is 65.1 Å². The van der Waals surface area contributed by atoms with Crippen LogP contribution in [0.25, 0.3) is 11.2 Å². The molecule has 3 fully saturated rings. The minimum atomic E-state index is -4.39. The summed E-state index contributed by atoms with van der Waals surface area (Å²) in [5.41, 5.74) is 12.8. The SMILES string of the molecule is COc1ccc(C#Cc2cc(CN3CCN(Cc4cc(C#Cc5ccc(C)cc5)cc(P(C)(=O)O)n4)C[C@H](CCCCNC(=O)CCCC(=O)NCCOCCOCCNC(=O)CC4C5OP(=O)(O)OCC5OC4n4cnc5c(N)ncnc54)N(Cc4cc(C#Cc5ccc(OC)cc5)cc(P(C)(=O)O)n4)CC3)nc(P(C)(=O)O)c2)cc1. The van der Waals surface area contributed by atoms with Gasteiger partial charge in [0.2, 0.25) is 39.8 Å². The number of carbonyl (C=O) groups is 3. The van der Waals surface area contributed by atoms with E-state index in [1.165, 1.54) is 44.8 Å². The molecule has 5 aromatic heterocycles. The highest BCUT2D eigenvalue weighted by molar-refractivity contribution is 7.65. The number of pyridine rings is 3. The first-order valence-corrected chi connectivity index (χ1v) is 46.1. The maximum absolute atomic E-state index is 13.7. The van der Waals surface area contributed by atoms with E-state index < -0.39 is 54.3 Å². The first kappa shape index (κ1) is 88.4. The summed E-state index contributed by atoms with van der Waals surface area (Å²) in [6.45, 7) is 9.73. The molecule has 0 saturated carbocycles.